The van der Waals surface area contributed by atoms with Crippen molar-refractivity contribution < 1.29 is 13.0 Å². The van der Waals surface area contributed by atoms with Gasteiger partial charge in [-0.15, -0.1) is 0 Å². The molecule has 1 aromatic carbocycles. The first-order valence-corrected chi connectivity index (χ1v) is 7.58. The molecular formula is C11H13NO3S2. The minimum atomic E-state index is -3.87. The largest absolute Gasteiger partial charge is 0.335 e. The molecule has 0 spiro atoms. The summed E-state index contributed by atoms with van der Waals surface area (Å²) < 4.78 is 30.0. The predicted molar refractivity (Wildman–Crippen MR) is 69.8 cm³/mol. The number of benzene rings is 1. The first-order valence-electron chi connectivity index (χ1n) is 5.16. The van der Waals surface area contributed by atoms with Crippen LogP contribution in [0.2, 0.25) is 0 Å². The van der Waals surface area contributed by atoms with Gasteiger partial charge in [-0.2, -0.15) is 8.42 Å². The van der Waals surface area contributed by atoms with Crippen molar-refractivity contribution in [1.29, 1.82) is 0 Å². The standard InChI is InChI=1S/C11H13NO3S2/c1-9-12(7-4-8-17(13,14)15)10-5-2-3-6-11(10)16-9/h2-3,5-6H,1,4,7-8H2,(H,13,14,15). The molecule has 1 aliphatic heterocycles. The van der Waals surface area contributed by atoms with Crippen LogP contribution in [0, 0.1) is 0 Å². The highest BCUT2D eigenvalue weighted by Crippen LogP contribution is 2.44. The molecule has 0 saturated carbocycles. The van der Waals surface area contributed by atoms with E-state index < -0.39 is 10.1 Å². The zero-order valence-corrected chi connectivity index (χ0v) is 10.8. The number of hydrogen-bond acceptors (Lipinski definition) is 4. The van der Waals surface area contributed by atoms with Gasteiger partial charge >= 0.3 is 0 Å². The Bertz CT molecular complexity index is 539. The zero-order valence-electron chi connectivity index (χ0n) is 9.17. The van der Waals surface area contributed by atoms with E-state index in [9.17, 15) is 8.42 Å². The molecule has 0 atom stereocenters. The van der Waals surface area contributed by atoms with E-state index in [1.807, 2.05) is 29.2 Å². The molecule has 4 nitrogen and oxygen atoms in total. The van der Waals surface area contributed by atoms with E-state index in [2.05, 4.69) is 6.58 Å². The normalized spacial score (nSPS) is 15.1. The van der Waals surface area contributed by atoms with Gasteiger partial charge in [0, 0.05) is 11.4 Å². The van der Waals surface area contributed by atoms with E-state index in [4.69, 9.17) is 4.55 Å². The van der Waals surface area contributed by atoms with Gasteiger partial charge in [-0.25, -0.2) is 0 Å². The lowest BCUT2D eigenvalue weighted by atomic mass is 10.3. The fourth-order valence-corrected chi connectivity index (χ4v) is 3.21. The lowest BCUT2D eigenvalue weighted by Gasteiger charge is -2.18. The summed E-state index contributed by atoms with van der Waals surface area (Å²) in [5.41, 5.74) is 1.05. The molecule has 1 heterocycles. The molecule has 1 aromatic rings. The molecule has 0 aliphatic carbocycles. The number of hydrogen-bond donors (Lipinski definition) is 1. The Morgan fingerprint density at radius 3 is 2.76 bits per heavy atom. The first-order chi connectivity index (χ1) is 7.97. The van der Waals surface area contributed by atoms with Crippen LogP contribution in [0.1, 0.15) is 6.42 Å². The smallest absolute Gasteiger partial charge is 0.264 e. The number of thioether (sulfide) groups is 1. The molecule has 1 aliphatic rings. The summed E-state index contributed by atoms with van der Waals surface area (Å²) in [6.45, 7) is 4.49. The van der Waals surface area contributed by atoms with Gasteiger partial charge in [0.15, 0.2) is 0 Å². The molecule has 0 amide bonds. The second-order valence-corrected chi connectivity index (χ2v) is 6.44. The van der Waals surface area contributed by atoms with Gasteiger partial charge in [0.2, 0.25) is 0 Å². The fraction of sp³-hybridized carbons (Fsp3) is 0.273. The van der Waals surface area contributed by atoms with Crippen LogP contribution in [0.3, 0.4) is 0 Å². The van der Waals surface area contributed by atoms with E-state index in [1.54, 1.807) is 11.8 Å². The maximum atomic E-state index is 10.6. The Hall–Kier alpha value is -0.980. The van der Waals surface area contributed by atoms with Crippen LogP contribution < -0.4 is 4.90 Å². The van der Waals surface area contributed by atoms with Crippen LogP contribution in [-0.4, -0.2) is 25.3 Å². The summed E-state index contributed by atoms with van der Waals surface area (Å²) in [5, 5.41) is 0.890. The number of para-hydroxylation sites is 1. The van der Waals surface area contributed by atoms with Gasteiger partial charge < -0.3 is 4.90 Å². The molecule has 2 rings (SSSR count). The zero-order chi connectivity index (χ0) is 12.5. The molecular weight excluding hydrogens is 258 g/mol. The van der Waals surface area contributed by atoms with Gasteiger partial charge in [-0.1, -0.05) is 30.5 Å². The monoisotopic (exact) mass is 271 g/mol. The Morgan fingerprint density at radius 2 is 2.06 bits per heavy atom. The van der Waals surface area contributed by atoms with Crippen LogP contribution in [0.4, 0.5) is 5.69 Å². The number of rotatable bonds is 4. The topological polar surface area (TPSA) is 57.6 Å². The van der Waals surface area contributed by atoms with Crippen LogP contribution in [0.5, 0.6) is 0 Å². The molecule has 0 aromatic heterocycles. The SMILES string of the molecule is C=C1Sc2ccccc2N1CCCS(=O)(=O)O. The highest BCUT2D eigenvalue weighted by Gasteiger charge is 2.22. The third-order valence-corrected chi connectivity index (χ3v) is 4.29. The minimum Gasteiger partial charge on any atom is -0.335 e. The summed E-state index contributed by atoms with van der Waals surface area (Å²) >= 11 is 1.58. The summed E-state index contributed by atoms with van der Waals surface area (Å²) in [4.78, 5) is 3.11. The summed E-state index contributed by atoms with van der Waals surface area (Å²) in [5.74, 6) is -0.219. The molecule has 0 radical (unpaired) electrons. The van der Waals surface area contributed by atoms with Crippen molar-refractivity contribution in [2.45, 2.75) is 11.3 Å². The third-order valence-electron chi connectivity index (χ3n) is 2.47. The molecule has 1 N–H and O–H groups in total. The molecule has 92 valence electrons. The van der Waals surface area contributed by atoms with Crippen LogP contribution in [0.15, 0.2) is 40.8 Å². The van der Waals surface area contributed by atoms with Crippen LogP contribution in [-0.2, 0) is 10.1 Å². The van der Waals surface area contributed by atoms with Crippen LogP contribution >= 0.6 is 11.8 Å². The van der Waals surface area contributed by atoms with Crippen molar-refractivity contribution >= 4 is 27.6 Å². The molecule has 0 fully saturated rings. The molecule has 0 unspecified atom stereocenters. The summed E-state index contributed by atoms with van der Waals surface area (Å²) in [6.07, 6.45) is 0.382. The number of nitrogens with zero attached hydrogens (tertiary/aromatic N) is 1. The van der Waals surface area contributed by atoms with Crippen molar-refractivity contribution in [3.05, 3.63) is 35.9 Å². The molecule has 17 heavy (non-hydrogen) atoms. The van der Waals surface area contributed by atoms with Gasteiger partial charge in [-0.3, -0.25) is 4.55 Å². The van der Waals surface area contributed by atoms with E-state index in [0.29, 0.717) is 13.0 Å². The number of anilines is 1. The second-order valence-electron chi connectivity index (χ2n) is 3.75. The highest BCUT2D eigenvalue weighted by molar-refractivity contribution is 8.03. The maximum Gasteiger partial charge on any atom is 0.264 e. The van der Waals surface area contributed by atoms with Gasteiger partial charge in [0.25, 0.3) is 10.1 Å². The van der Waals surface area contributed by atoms with Crippen molar-refractivity contribution in [3.8, 4) is 0 Å². The number of fused-ring (bicyclic) bond motifs is 1. The Morgan fingerprint density at radius 1 is 1.35 bits per heavy atom. The van der Waals surface area contributed by atoms with Crippen molar-refractivity contribution in [1.82, 2.24) is 0 Å². The summed E-state index contributed by atoms with van der Waals surface area (Å²) in [6, 6.07) is 7.89. The fourth-order valence-electron chi connectivity index (χ4n) is 1.73. The lowest BCUT2D eigenvalue weighted by molar-refractivity contribution is 0.481. The minimum absolute atomic E-state index is 0.219. The quantitative estimate of drug-likeness (QED) is 0.852. The van der Waals surface area contributed by atoms with Gasteiger partial charge in [0.1, 0.15) is 0 Å². The predicted octanol–water partition coefficient (Wildman–Crippen LogP) is 2.35. The Kier molecular flexibility index (Phi) is 3.46. The highest BCUT2D eigenvalue weighted by atomic mass is 32.2. The average molecular weight is 271 g/mol. The second kappa shape index (κ2) is 4.72. The van der Waals surface area contributed by atoms with Crippen molar-refractivity contribution in [2.24, 2.45) is 0 Å². The average Bonchev–Trinajstić information content (AvgIpc) is 2.54. The van der Waals surface area contributed by atoms with Crippen LogP contribution in [0.25, 0.3) is 0 Å². The van der Waals surface area contributed by atoms with E-state index in [0.717, 1.165) is 15.6 Å². The lowest BCUT2D eigenvalue weighted by Crippen LogP contribution is -2.20. The van der Waals surface area contributed by atoms with E-state index in [-0.39, 0.29) is 5.75 Å². The Balaban J connectivity index is 2.05. The van der Waals surface area contributed by atoms with Crippen molar-refractivity contribution in [3.63, 3.8) is 0 Å². The van der Waals surface area contributed by atoms with E-state index in [1.165, 1.54) is 0 Å². The van der Waals surface area contributed by atoms with Gasteiger partial charge in [-0.05, 0) is 18.6 Å². The molecule has 0 bridgehead atoms. The van der Waals surface area contributed by atoms with Gasteiger partial charge in [0.05, 0.1) is 16.5 Å². The Labute approximate surface area is 105 Å². The summed E-state index contributed by atoms with van der Waals surface area (Å²) in [7, 11) is -3.87. The molecule has 0 saturated heterocycles. The first kappa shape index (κ1) is 12.5. The van der Waals surface area contributed by atoms with E-state index >= 15 is 0 Å². The third kappa shape index (κ3) is 3.02. The van der Waals surface area contributed by atoms with Crippen molar-refractivity contribution in [2.75, 3.05) is 17.2 Å². The molecule has 6 heteroatoms. The maximum absolute atomic E-state index is 10.6.